The Hall–Kier alpha value is -2.58. The number of hydrogen-bond acceptors (Lipinski definition) is 6. The van der Waals surface area contributed by atoms with Crippen molar-refractivity contribution in [2.24, 2.45) is 23.2 Å². The van der Waals surface area contributed by atoms with Crippen molar-refractivity contribution >= 4 is 39.5 Å². The number of nitrogens with one attached hydrogen (secondary N) is 1. The van der Waals surface area contributed by atoms with Gasteiger partial charge in [-0.25, -0.2) is 13.1 Å². The molecule has 1 saturated carbocycles. The Morgan fingerprint density at radius 1 is 1.05 bits per heavy atom. The third kappa shape index (κ3) is 6.49. The summed E-state index contributed by atoms with van der Waals surface area (Å²) >= 11 is 6.32. The molecule has 0 spiro atoms. The lowest BCUT2D eigenvalue weighted by molar-refractivity contribution is -0.118. The van der Waals surface area contributed by atoms with Crippen LogP contribution >= 0.6 is 11.6 Å². The van der Waals surface area contributed by atoms with E-state index in [-0.39, 0.29) is 28.7 Å². The summed E-state index contributed by atoms with van der Waals surface area (Å²) in [5.74, 6) is 0.0662. The Morgan fingerprint density at radius 3 is 2.60 bits per heavy atom. The fraction of sp³-hybridized carbons (Fsp3) is 0.576. The van der Waals surface area contributed by atoms with Crippen molar-refractivity contribution in [1.82, 2.24) is 4.72 Å². The summed E-state index contributed by atoms with van der Waals surface area (Å²) in [4.78, 5) is 28.0. The zero-order valence-electron chi connectivity index (χ0n) is 24.9. The van der Waals surface area contributed by atoms with E-state index in [1.807, 2.05) is 25.1 Å². The van der Waals surface area contributed by atoms with Crippen LogP contribution in [0.2, 0.25) is 5.02 Å². The van der Waals surface area contributed by atoms with Gasteiger partial charge in [-0.05, 0) is 111 Å². The molecule has 2 bridgehead atoms. The summed E-state index contributed by atoms with van der Waals surface area (Å²) in [7, 11) is -3.90. The van der Waals surface area contributed by atoms with Crippen LogP contribution in [0.25, 0.3) is 0 Å². The molecule has 2 aromatic rings. The molecule has 5 rings (SSSR count). The van der Waals surface area contributed by atoms with Gasteiger partial charge in [-0.1, -0.05) is 37.9 Å². The zero-order valence-corrected chi connectivity index (χ0v) is 26.5. The Kier molecular flexibility index (Phi) is 9.24. The second-order valence-electron chi connectivity index (χ2n) is 13.0. The first-order chi connectivity index (χ1) is 20.0. The van der Waals surface area contributed by atoms with Crippen molar-refractivity contribution in [2.45, 2.75) is 84.0 Å². The van der Waals surface area contributed by atoms with Crippen LogP contribution in [-0.2, 0) is 27.8 Å². The van der Waals surface area contributed by atoms with Crippen molar-refractivity contribution < 1.29 is 22.7 Å². The number of fused-ring (bicyclic) bond motifs is 3. The Labute approximate surface area is 255 Å². The molecule has 42 heavy (non-hydrogen) atoms. The maximum Gasteiger partial charge on any atom is 0.264 e. The van der Waals surface area contributed by atoms with Crippen molar-refractivity contribution in [3.63, 3.8) is 0 Å². The lowest BCUT2D eigenvalue weighted by atomic mass is 9.56. The van der Waals surface area contributed by atoms with Gasteiger partial charge < -0.3 is 14.4 Å². The van der Waals surface area contributed by atoms with E-state index < -0.39 is 21.2 Å². The van der Waals surface area contributed by atoms with Crippen molar-refractivity contribution in [3.05, 3.63) is 58.1 Å². The molecule has 228 valence electrons. The minimum Gasteiger partial charge on any atom is -0.487 e. The first kappa shape index (κ1) is 30.9. The van der Waals surface area contributed by atoms with Gasteiger partial charge in [0.2, 0.25) is 10.0 Å². The molecule has 7 nitrogen and oxygen atoms in total. The number of sulfonamides is 1. The highest BCUT2D eigenvalue weighted by molar-refractivity contribution is 7.90. The van der Waals surface area contributed by atoms with E-state index in [1.165, 1.54) is 5.56 Å². The monoisotopic (exact) mass is 614 g/mol. The van der Waals surface area contributed by atoms with Crippen LogP contribution in [0.4, 0.5) is 5.69 Å². The van der Waals surface area contributed by atoms with Gasteiger partial charge in [0, 0.05) is 29.6 Å². The van der Waals surface area contributed by atoms with Crippen LogP contribution in [0.1, 0.15) is 87.2 Å². The van der Waals surface area contributed by atoms with E-state index in [0.717, 1.165) is 75.6 Å². The number of ether oxygens (including phenoxy) is 1. The van der Waals surface area contributed by atoms with Gasteiger partial charge in [-0.2, -0.15) is 0 Å². The molecule has 3 aliphatic rings. The number of aryl methyl sites for hydroxylation is 1. The number of carbonyl (C=O) groups excluding carboxylic acids is 2. The van der Waals surface area contributed by atoms with Gasteiger partial charge in [0.25, 0.3) is 5.91 Å². The maximum absolute atomic E-state index is 13.4. The minimum atomic E-state index is -3.90. The third-order valence-electron chi connectivity index (χ3n) is 10.1. The summed E-state index contributed by atoms with van der Waals surface area (Å²) < 4.78 is 35.2. The van der Waals surface area contributed by atoms with Gasteiger partial charge in [0.05, 0.1) is 10.9 Å². The van der Waals surface area contributed by atoms with Crippen LogP contribution in [0.15, 0.2) is 36.4 Å². The Morgan fingerprint density at radius 2 is 1.86 bits per heavy atom. The van der Waals surface area contributed by atoms with Crippen LogP contribution in [0.3, 0.4) is 0 Å². The summed E-state index contributed by atoms with van der Waals surface area (Å²) in [5, 5.41) is -0.0376. The maximum atomic E-state index is 13.4. The summed E-state index contributed by atoms with van der Waals surface area (Å²) in [6.45, 7) is 7.68. The first-order valence-electron chi connectivity index (χ1n) is 15.3. The highest BCUT2D eigenvalue weighted by Gasteiger charge is 2.47. The van der Waals surface area contributed by atoms with Crippen LogP contribution in [-0.4, -0.2) is 39.0 Å². The van der Waals surface area contributed by atoms with E-state index in [0.29, 0.717) is 23.8 Å². The van der Waals surface area contributed by atoms with E-state index in [9.17, 15) is 18.0 Å². The second-order valence-corrected chi connectivity index (χ2v) is 15.4. The average Bonchev–Trinajstić information content (AvgIpc) is 2.98. The molecule has 2 aromatic carbocycles. The van der Waals surface area contributed by atoms with Crippen molar-refractivity contribution in [3.8, 4) is 5.75 Å². The molecule has 2 unspecified atom stereocenters. The number of benzene rings is 2. The zero-order chi connectivity index (χ0) is 30.1. The largest absolute Gasteiger partial charge is 0.487 e. The number of amides is 1. The van der Waals surface area contributed by atoms with Gasteiger partial charge in [-0.3, -0.25) is 4.79 Å². The van der Waals surface area contributed by atoms with Crippen LogP contribution < -0.4 is 14.4 Å². The average molecular weight is 615 g/mol. The highest BCUT2D eigenvalue weighted by atomic mass is 35.5. The molecule has 1 fully saturated rings. The smallest absolute Gasteiger partial charge is 0.264 e. The highest BCUT2D eigenvalue weighted by Crippen LogP contribution is 2.52. The van der Waals surface area contributed by atoms with Gasteiger partial charge in [-0.15, -0.1) is 0 Å². The van der Waals surface area contributed by atoms with E-state index >= 15 is 0 Å². The topological polar surface area (TPSA) is 92.8 Å². The number of aldehydes is 1. The molecule has 2 aliphatic heterocycles. The number of hydrogen-bond donors (Lipinski definition) is 1. The molecule has 1 aliphatic carbocycles. The van der Waals surface area contributed by atoms with Crippen LogP contribution in [0.5, 0.6) is 5.75 Å². The predicted octanol–water partition coefficient (Wildman–Crippen LogP) is 6.56. The Bertz CT molecular complexity index is 1430. The lowest BCUT2D eigenvalue weighted by Crippen LogP contribution is -2.50. The normalized spacial score (nSPS) is 30.3. The van der Waals surface area contributed by atoms with Crippen molar-refractivity contribution in [1.29, 1.82) is 0 Å². The standard InChI is InChI=1S/C33H43ClN2O5S/c1-22-7-6-9-26(19-37)29-14-15-33(29,3)21-36-16-5-4-8-24-17-28(34)12-10-27(24)20-41-31-13-11-25(18-30(31)36)32(38)35-42(39,40)23(22)2/h10-13,17-19,22-23,26,29H,4-9,14-16,20-21H2,1-3H3,(H,35,38)/t22-,23+,26?,29-,33?/m0/s1. The number of anilines is 1. The second kappa shape index (κ2) is 12.6. The molecule has 5 atom stereocenters. The Balaban J connectivity index is 1.57. The van der Waals surface area contributed by atoms with E-state index in [2.05, 4.69) is 16.5 Å². The number of rotatable bonds is 1. The lowest BCUT2D eigenvalue weighted by Gasteiger charge is -2.52. The predicted molar refractivity (Wildman–Crippen MR) is 167 cm³/mol. The number of nitrogens with zero attached hydrogens (tertiary/aromatic N) is 1. The fourth-order valence-electron chi connectivity index (χ4n) is 7.08. The van der Waals surface area contributed by atoms with Crippen molar-refractivity contribution in [2.75, 3.05) is 18.0 Å². The molecule has 1 N–H and O–H groups in total. The molecule has 0 saturated heterocycles. The molecule has 2 heterocycles. The number of carbonyl (C=O) groups is 2. The van der Waals surface area contributed by atoms with E-state index in [1.54, 1.807) is 25.1 Å². The molecule has 0 aromatic heterocycles. The van der Waals surface area contributed by atoms with E-state index in [4.69, 9.17) is 16.3 Å². The molecule has 9 heteroatoms. The SMILES string of the molecule is C[C@@H]1[C@@H](C)CCCC(C=O)[C@@H]2CCC2(C)CN2CCCCc3cc(Cl)ccc3COc3ccc(cc32)C(=O)NS1(=O)=O. The van der Waals surface area contributed by atoms with Gasteiger partial charge >= 0.3 is 0 Å². The summed E-state index contributed by atoms with van der Waals surface area (Å²) in [5.41, 5.74) is 3.25. The third-order valence-corrected chi connectivity index (χ3v) is 12.3. The molecule has 0 radical (unpaired) electrons. The quantitative estimate of drug-likeness (QED) is 0.366. The molecule has 1 amide bonds. The van der Waals surface area contributed by atoms with Gasteiger partial charge in [0.15, 0.2) is 0 Å². The molecular formula is C33H43ClN2O5S. The first-order valence-corrected chi connectivity index (χ1v) is 17.2. The fourth-order valence-corrected chi connectivity index (χ4v) is 8.59. The number of halogens is 1. The summed E-state index contributed by atoms with van der Waals surface area (Å²) in [6.07, 6.45) is 8.14. The molecular weight excluding hydrogens is 572 g/mol. The minimum absolute atomic E-state index is 0.0549. The van der Waals surface area contributed by atoms with Crippen LogP contribution in [0, 0.1) is 23.2 Å². The van der Waals surface area contributed by atoms with Gasteiger partial charge in [0.1, 0.15) is 18.6 Å². The summed E-state index contributed by atoms with van der Waals surface area (Å²) in [6, 6.07) is 11.1.